The van der Waals surface area contributed by atoms with E-state index in [4.69, 9.17) is 10.2 Å². The molecule has 0 radical (unpaired) electrons. The second-order valence-electron chi connectivity index (χ2n) is 4.10. The summed E-state index contributed by atoms with van der Waals surface area (Å²) in [4.78, 5) is 22.3. The maximum Gasteiger partial charge on any atom is 0.335 e. The number of urea groups is 1. The molecular weight excluding hydrogens is 366 g/mol. The lowest BCUT2D eigenvalue weighted by Gasteiger charge is -2.09. The molecule has 0 aliphatic rings. The summed E-state index contributed by atoms with van der Waals surface area (Å²) in [7, 11) is -3.54. The molecule has 0 fully saturated rings. The fourth-order valence-corrected chi connectivity index (χ4v) is 2.42. The van der Waals surface area contributed by atoms with Crippen LogP contribution in [0.25, 0.3) is 0 Å². The summed E-state index contributed by atoms with van der Waals surface area (Å²) < 4.78 is 21.8. The van der Waals surface area contributed by atoms with Crippen LogP contribution in [-0.4, -0.2) is 37.8 Å². The number of carbonyl (C=O) groups excluding carboxylic acids is 1. The number of nitrogens with one attached hydrogen (secondary N) is 2. The molecule has 5 N–H and O–H groups in total. The summed E-state index contributed by atoms with van der Waals surface area (Å²) in [5.74, 6) is -1.29. The molecule has 10 heteroatoms. The fourth-order valence-electron chi connectivity index (χ4n) is 1.39. The second-order valence-corrected chi connectivity index (χ2v) is 6.69. The molecule has 8 nitrogen and oxygen atoms in total. The summed E-state index contributed by atoms with van der Waals surface area (Å²) in [5, 5.41) is 18.6. The molecular formula is C11H14BrN3O5S. The average Bonchev–Trinajstić information content (AvgIpc) is 2.36. The van der Waals surface area contributed by atoms with Gasteiger partial charge in [0.1, 0.15) is 0 Å². The molecule has 21 heavy (non-hydrogen) atoms. The number of aromatic carboxylic acids is 1. The maximum atomic E-state index is 11.6. The van der Waals surface area contributed by atoms with Crippen molar-refractivity contribution in [3.8, 4) is 0 Å². The van der Waals surface area contributed by atoms with Crippen LogP contribution in [0.5, 0.6) is 0 Å². The van der Waals surface area contributed by atoms with E-state index in [0.717, 1.165) is 0 Å². The predicted molar refractivity (Wildman–Crippen MR) is 80.7 cm³/mol. The molecule has 0 heterocycles. The van der Waals surface area contributed by atoms with E-state index >= 15 is 0 Å². The molecule has 0 aliphatic carbocycles. The molecule has 0 saturated carbocycles. The van der Waals surface area contributed by atoms with Gasteiger partial charge in [-0.15, -0.1) is 0 Å². The van der Waals surface area contributed by atoms with E-state index in [2.05, 4.69) is 26.6 Å². The largest absolute Gasteiger partial charge is 0.478 e. The SMILES string of the molecule is NS(=O)(=O)CCCNC(=O)Nc1ccc(C(=O)O)cc1Br. The van der Waals surface area contributed by atoms with E-state index in [9.17, 15) is 18.0 Å². The van der Waals surface area contributed by atoms with Crippen molar-refractivity contribution < 1.29 is 23.1 Å². The van der Waals surface area contributed by atoms with Gasteiger partial charge in [-0.05, 0) is 40.5 Å². The predicted octanol–water partition coefficient (Wildman–Crippen LogP) is 0.947. The lowest BCUT2D eigenvalue weighted by molar-refractivity contribution is 0.0697. The second kappa shape index (κ2) is 7.38. The van der Waals surface area contributed by atoms with Crippen LogP contribution in [0.3, 0.4) is 0 Å². The van der Waals surface area contributed by atoms with Gasteiger partial charge in [0.15, 0.2) is 0 Å². The van der Waals surface area contributed by atoms with E-state index in [1.165, 1.54) is 18.2 Å². The highest BCUT2D eigenvalue weighted by Crippen LogP contribution is 2.23. The lowest BCUT2D eigenvalue weighted by atomic mass is 10.2. The Kier molecular flexibility index (Phi) is 6.12. The van der Waals surface area contributed by atoms with Gasteiger partial charge in [-0.3, -0.25) is 0 Å². The quantitative estimate of drug-likeness (QED) is 0.544. The Labute approximate surface area is 129 Å². The number of carboxylic acid groups (broad SMARTS) is 1. The summed E-state index contributed by atoms with van der Waals surface area (Å²) in [6.45, 7) is 0.146. The number of rotatable bonds is 6. The number of nitrogens with two attached hydrogens (primary N) is 1. The Morgan fingerprint density at radius 3 is 2.52 bits per heavy atom. The fraction of sp³-hybridized carbons (Fsp3) is 0.273. The van der Waals surface area contributed by atoms with Crippen molar-refractivity contribution >= 4 is 43.6 Å². The van der Waals surface area contributed by atoms with Crippen LogP contribution in [0.4, 0.5) is 10.5 Å². The number of benzene rings is 1. The molecule has 0 aromatic heterocycles. The first-order chi connectivity index (χ1) is 9.69. The molecule has 0 spiro atoms. The van der Waals surface area contributed by atoms with Crippen LogP contribution in [-0.2, 0) is 10.0 Å². The van der Waals surface area contributed by atoms with Crippen molar-refractivity contribution in [2.75, 3.05) is 17.6 Å². The number of hydrogen-bond donors (Lipinski definition) is 4. The number of sulfonamides is 1. The van der Waals surface area contributed by atoms with Gasteiger partial charge in [-0.1, -0.05) is 0 Å². The first kappa shape index (κ1) is 17.4. The lowest BCUT2D eigenvalue weighted by Crippen LogP contribution is -2.31. The minimum absolute atomic E-state index is 0.0842. The van der Waals surface area contributed by atoms with Gasteiger partial charge in [0, 0.05) is 11.0 Å². The van der Waals surface area contributed by atoms with E-state index in [0.29, 0.717) is 10.2 Å². The van der Waals surface area contributed by atoms with Gasteiger partial charge in [0.2, 0.25) is 10.0 Å². The zero-order valence-corrected chi connectivity index (χ0v) is 13.2. The highest BCUT2D eigenvalue weighted by molar-refractivity contribution is 9.10. The zero-order valence-electron chi connectivity index (χ0n) is 10.8. The molecule has 0 bridgehead atoms. The molecule has 1 aromatic rings. The van der Waals surface area contributed by atoms with Crippen molar-refractivity contribution in [1.82, 2.24) is 5.32 Å². The Hall–Kier alpha value is -1.65. The molecule has 0 unspecified atom stereocenters. The number of primary sulfonamides is 1. The van der Waals surface area contributed by atoms with Crippen LogP contribution in [0.1, 0.15) is 16.8 Å². The van der Waals surface area contributed by atoms with Gasteiger partial charge in [0.05, 0.1) is 17.0 Å². The third kappa shape index (κ3) is 6.56. The van der Waals surface area contributed by atoms with E-state index in [1.807, 2.05) is 0 Å². The average molecular weight is 380 g/mol. The topological polar surface area (TPSA) is 139 Å². The number of amides is 2. The van der Waals surface area contributed by atoms with Crippen molar-refractivity contribution in [3.63, 3.8) is 0 Å². The van der Waals surface area contributed by atoms with E-state index < -0.39 is 22.0 Å². The monoisotopic (exact) mass is 379 g/mol. The van der Waals surface area contributed by atoms with Crippen LogP contribution in [0, 0.1) is 0 Å². The summed E-state index contributed by atoms with van der Waals surface area (Å²) in [6.07, 6.45) is 0.200. The molecule has 0 saturated heterocycles. The van der Waals surface area contributed by atoms with Gasteiger partial charge in [0.25, 0.3) is 0 Å². The maximum absolute atomic E-state index is 11.6. The number of hydrogen-bond acceptors (Lipinski definition) is 4. The van der Waals surface area contributed by atoms with Crippen molar-refractivity contribution in [2.24, 2.45) is 5.14 Å². The molecule has 116 valence electrons. The minimum Gasteiger partial charge on any atom is -0.478 e. The molecule has 0 aliphatic heterocycles. The summed E-state index contributed by atoms with van der Waals surface area (Å²) in [6, 6.07) is 3.62. The van der Waals surface area contributed by atoms with Crippen molar-refractivity contribution in [3.05, 3.63) is 28.2 Å². The first-order valence-electron chi connectivity index (χ1n) is 5.77. The van der Waals surface area contributed by atoms with Gasteiger partial charge in [-0.2, -0.15) is 0 Å². The first-order valence-corrected chi connectivity index (χ1v) is 8.28. The summed E-state index contributed by atoms with van der Waals surface area (Å²) >= 11 is 3.15. The van der Waals surface area contributed by atoms with Gasteiger partial charge in [-0.25, -0.2) is 23.1 Å². The number of halogens is 1. The Balaban J connectivity index is 2.50. The molecule has 1 rings (SSSR count). The third-order valence-electron chi connectivity index (χ3n) is 2.36. The molecule has 1 aromatic carbocycles. The van der Waals surface area contributed by atoms with Crippen LogP contribution >= 0.6 is 15.9 Å². The van der Waals surface area contributed by atoms with Crippen LogP contribution in [0.2, 0.25) is 0 Å². The van der Waals surface area contributed by atoms with Gasteiger partial charge >= 0.3 is 12.0 Å². The standard InChI is InChI=1S/C11H14BrN3O5S/c12-8-6-7(10(16)17)2-3-9(8)15-11(18)14-4-1-5-21(13,19)20/h2-3,6H,1,4-5H2,(H,16,17)(H2,13,19,20)(H2,14,15,18). The summed E-state index contributed by atoms with van der Waals surface area (Å²) in [5.41, 5.74) is 0.477. The van der Waals surface area contributed by atoms with Crippen molar-refractivity contribution in [2.45, 2.75) is 6.42 Å². The Morgan fingerprint density at radius 1 is 1.33 bits per heavy atom. The Bertz CT molecular complexity index is 647. The number of carbonyl (C=O) groups is 2. The highest BCUT2D eigenvalue weighted by Gasteiger charge is 2.09. The minimum atomic E-state index is -3.54. The number of anilines is 1. The normalized spacial score (nSPS) is 11.0. The zero-order chi connectivity index (χ0) is 16.0. The van der Waals surface area contributed by atoms with Gasteiger partial charge < -0.3 is 15.7 Å². The highest BCUT2D eigenvalue weighted by atomic mass is 79.9. The number of carboxylic acids is 1. The third-order valence-corrected chi connectivity index (χ3v) is 3.87. The Morgan fingerprint density at radius 2 is 2.00 bits per heavy atom. The molecule has 2 amide bonds. The van der Waals surface area contributed by atoms with Crippen LogP contribution < -0.4 is 15.8 Å². The smallest absolute Gasteiger partial charge is 0.335 e. The van der Waals surface area contributed by atoms with Crippen molar-refractivity contribution in [1.29, 1.82) is 0 Å². The van der Waals surface area contributed by atoms with Crippen LogP contribution in [0.15, 0.2) is 22.7 Å². The van der Waals surface area contributed by atoms with E-state index in [1.54, 1.807) is 0 Å². The molecule has 0 atom stereocenters. The van der Waals surface area contributed by atoms with E-state index in [-0.39, 0.29) is 24.3 Å².